The Morgan fingerprint density at radius 2 is 1.57 bits per heavy atom. The van der Waals surface area contributed by atoms with Crippen LogP contribution in [-0.2, 0) is 16.0 Å². The van der Waals surface area contributed by atoms with E-state index in [1.165, 1.54) is 0 Å². The number of fused-ring (bicyclic) bond motifs is 2. The number of H-pyrrole nitrogens is 1. The van der Waals surface area contributed by atoms with Crippen molar-refractivity contribution in [1.29, 1.82) is 0 Å². The average Bonchev–Trinajstić information content (AvgIpc) is 3.26. The molecule has 0 amide bonds. The van der Waals surface area contributed by atoms with Gasteiger partial charge in [0.1, 0.15) is 0 Å². The number of rotatable bonds is 5. The molecule has 0 saturated heterocycles. The molecule has 0 unspecified atom stereocenters. The van der Waals surface area contributed by atoms with E-state index in [0.717, 1.165) is 50.0 Å². The number of ether oxygens (including phenoxy) is 2. The molecule has 1 N–H and O–H groups in total. The van der Waals surface area contributed by atoms with Crippen LogP contribution in [0.1, 0.15) is 1.43 Å². The average molecular weight is 615 g/mol. The first-order valence-electron chi connectivity index (χ1n) is 8.85. The summed E-state index contributed by atoms with van der Waals surface area (Å²) < 4.78 is 13.4. The van der Waals surface area contributed by atoms with E-state index in [1.807, 2.05) is 42.5 Å². The minimum absolute atomic E-state index is 0. The van der Waals surface area contributed by atoms with E-state index in [9.17, 15) is 0 Å². The van der Waals surface area contributed by atoms with Gasteiger partial charge >= 0.3 is 29.6 Å². The number of aromatic amines is 1. The van der Waals surface area contributed by atoms with Crippen LogP contribution in [0, 0.1) is 0 Å². The second-order valence-electron chi connectivity index (χ2n) is 5.74. The van der Waals surface area contributed by atoms with E-state index >= 15 is 0 Å². The molecule has 4 aromatic rings. The van der Waals surface area contributed by atoms with Gasteiger partial charge in [-0.15, -0.1) is 0 Å². The van der Waals surface area contributed by atoms with E-state index in [4.69, 9.17) is 4.74 Å². The van der Waals surface area contributed by atoms with Gasteiger partial charge in [0.05, 0.1) is 35.3 Å². The van der Waals surface area contributed by atoms with E-state index in [-0.39, 0.29) is 31.0 Å². The number of hydrogen-bond acceptors (Lipinski definition) is 4. The van der Waals surface area contributed by atoms with Crippen molar-refractivity contribution in [3.05, 3.63) is 58.0 Å². The van der Waals surface area contributed by atoms with Crippen molar-refractivity contribution in [2.75, 3.05) is 32.8 Å². The van der Waals surface area contributed by atoms with E-state index in [2.05, 4.69) is 78.1 Å². The van der Waals surface area contributed by atoms with Crippen molar-refractivity contribution in [2.45, 2.75) is 6.54 Å². The molecule has 158 valence electrons. The smallest absolute Gasteiger partial charge is 1.00 e. The number of halogens is 3. The monoisotopic (exact) mass is 612 g/mol. The van der Waals surface area contributed by atoms with Crippen molar-refractivity contribution in [3.8, 4) is 0 Å². The molecular formula is C20H24Br3N4NaO2. The number of benzene rings is 2. The Bertz CT molecular complexity index is 981. The van der Waals surface area contributed by atoms with Gasteiger partial charge in [-0.25, -0.2) is 9.97 Å². The molecule has 2 aromatic carbocycles. The number of imidazole rings is 2. The molecule has 0 fully saturated rings. The van der Waals surface area contributed by atoms with Crippen LogP contribution in [0.15, 0.2) is 58.0 Å². The van der Waals surface area contributed by atoms with Crippen LogP contribution in [0.5, 0.6) is 0 Å². The second-order valence-corrected chi connectivity index (χ2v) is 7.99. The predicted molar refractivity (Wildman–Crippen MR) is 130 cm³/mol. The van der Waals surface area contributed by atoms with Gasteiger partial charge in [0.25, 0.3) is 0 Å². The normalized spacial score (nSPS) is 10.0. The number of alkyl halides is 1. The largest absolute Gasteiger partial charge is 1.00 e. The molecule has 2 aromatic heterocycles. The fraction of sp³-hybridized carbons (Fsp3) is 0.300. The third kappa shape index (κ3) is 8.70. The first-order chi connectivity index (χ1) is 14.1. The summed E-state index contributed by atoms with van der Waals surface area (Å²) >= 11 is 9.88. The van der Waals surface area contributed by atoms with Crippen LogP contribution in [0.2, 0.25) is 0 Å². The molecule has 2 heterocycles. The Kier molecular flexibility index (Phi) is 14.4. The van der Waals surface area contributed by atoms with Crippen molar-refractivity contribution in [3.63, 3.8) is 0 Å². The van der Waals surface area contributed by atoms with Crippen molar-refractivity contribution < 1.29 is 40.5 Å². The number of para-hydroxylation sites is 4. The third-order valence-electron chi connectivity index (χ3n) is 3.77. The minimum Gasteiger partial charge on any atom is -1.00 e. The standard InChI is InChI=1S/C10H11BrN2O.C7H5BrN2.C3H7BrO.Na.H/c1-14-7-6-13-9-5-3-2-4-8(9)12-10(13)11;8-7-9-5-3-1-2-4-6(5)10-7;1-5-3-2-4;;/h2-5H,6-7H2,1H3;1-4H,(H,9,10);2-3H2,1H3;;/q;;;+1;-1. The van der Waals surface area contributed by atoms with Crippen LogP contribution >= 0.6 is 47.8 Å². The quantitative estimate of drug-likeness (QED) is 0.277. The van der Waals surface area contributed by atoms with Crippen molar-refractivity contribution >= 4 is 69.9 Å². The molecule has 10 heteroatoms. The Morgan fingerprint density at radius 1 is 0.933 bits per heavy atom. The van der Waals surface area contributed by atoms with Gasteiger partial charge in [0, 0.05) is 26.1 Å². The number of aromatic nitrogens is 4. The predicted octanol–water partition coefficient (Wildman–Crippen LogP) is 2.91. The van der Waals surface area contributed by atoms with E-state index < -0.39 is 0 Å². The summed E-state index contributed by atoms with van der Waals surface area (Å²) in [6.07, 6.45) is 0. The maximum Gasteiger partial charge on any atom is 1.00 e. The van der Waals surface area contributed by atoms with Crippen molar-refractivity contribution in [2.24, 2.45) is 0 Å². The summed E-state index contributed by atoms with van der Waals surface area (Å²) in [5, 5.41) is 0.934. The van der Waals surface area contributed by atoms with Gasteiger partial charge in [-0.1, -0.05) is 40.2 Å². The second kappa shape index (κ2) is 15.5. The summed E-state index contributed by atoms with van der Waals surface area (Å²) in [6, 6.07) is 16.0. The molecule has 30 heavy (non-hydrogen) atoms. The molecule has 0 radical (unpaired) electrons. The van der Waals surface area contributed by atoms with E-state index in [1.54, 1.807) is 14.2 Å². The molecule has 0 spiro atoms. The maximum atomic E-state index is 5.05. The van der Waals surface area contributed by atoms with Gasteiger partial charge < -0.3 is 20.5 Å². The summed E-state index contributed by atoms with van der Waals surface area (Å²) in [5.74, 6) is 0. The Hall–Kier alpha value is -0.260. The maximum absolute atomic E-state index is 5.05. The molecule has 0 atom stereocenters. The first kappa shape index (κ1) is 27.8. The van der Waals surface area contributed by atoms with Gasteiger partial charge in [-0.05, 0) is 56.1 Å². The zero-order chi connectivity index (χ0) is 21.1. The Morgan fingerprint density at radius 3 is 2.17 bits per heavy atom. The molecular weight excluding hydrogens is 591 g/mol. The Balaban J connectivity index is 0.000000468. The molecule has 0 aliphatic rings. The molecule has 0 aliphatic carbocycles. The SMILES string of the molecule is Brc1nc2ccccc2[nH]1.COCCBr.COCCn1c(Br)nc2ccccc21.[H-].[Na+]. The number of hydrogen-bond donors (Lipinski definition) is 1. The minimum atomic E-state index is 0. The third-order valence-corrected chi connectivity index (χ3v) is 5.07. The fourth-order valence-corrected chi connectivity index (χ4v) is 3.73. The van der Waals surface area contributed by atoms with Crippen molar-refractivity contribution in [1.82, 2.24) is 19.5 Å². The molecule has 0 bridgehead atoms. The van der Waals surface area contributed by atoms with Gasteiger partial charge in [0.2, 0.25) is 0 Å². The van der Waals surface area contributed by atoms with Gasteiger partial charge in [-0.2, -0.15) is 0 Å². The number of nitrogens with zero attached hydrogens (tertiary/aromatic N) is 3. The zero-order valence-electron chi connectivity index (χ0n) is 18.2. The molecule has 6 nitrogen and oxygen atoms in total. The summed E-state index contributed by atoms with van der Waals surface area (Å²) in [4.78, 5) is 11.6. The number of nitrogens with one attached hydrogen (secondary N) is 1. The van der Waals surface area contributed by atoms with Gasteiger partial charge in [0.15, 0.2) is 9.47 Å². The summed E-state index contributed by atoms with van der Waals surface area (Å²) in [5.41, 5.74) is 4.20. The van der Waals surface area contributed by atoms with Gasteiger partial charge in [-0.3, -0.25) is 0 Å². The van der Waals surface area contributed by atoms with Crippen LogP contribution < -0.4 is 29.6 Å². The molecule has 4 rings (SSSR count). The molecule has 0 aliphatic heterocycles. The van der Waals surface area contributed by atoms with Crippen LogP contribution in [0.25, 0.3) is 22.1 Å². The Labute approximate surface area is 225 Å². The fourth-order valence-electron chi connectivity index (χ4n) is 2.44. The zero-order valence-corrected chi connectivity index (χ0v) is 24.0. The summed E-state index contributed by atoms with van der Waals surface area (Å²) in [7, 11) is 3.38. The summed E-state index contributed by atoms with van der Waals surface area (Å²) in [6.45, 7) is 2.32. The van der Waals surface area contributed by atoms with Crippen LogP contribution in [0.3, 0.4) is 0 Å². The van der Waals surface area contributed by atoms with Crippen LogP contribution in [0.4, 0.5) is 0 Å². The molecule has 0 saturated carbocycles. The van der Waals surface area contributed by atoms with Crippen LogP contribution in [-0.4, -0.2) is 52.3 Å². The van der Waals surface area contributed by atoms with E-state index in [0.29, 0.717) is 6.61 Å². The topological polar surface area (TPSA) is 65.0 Å². The number of methoxy groups -OCH3 is 2. The first-order valence-corrected chi connectivity index (χ1v) is 11.6.